The van der Waals surface area contributed by atoms with E-state index in [1.54, 1.807) is 25.2 Å². The Balaban J connectivity index is 0.00000363. The van der Waals surface area contributed by atoms with Crippen LogP contribution < -0.4 is 15.4 Å². The fourth-order valence-corrected chi connectivity index (χ4v) is 3.49. The highest BCUT2D eigenvalue weighted by Gasteiger charge is 2.17. The fraction of sp³-hybridized carbons (Fsp3) is 0.417. The number of halogens is 2. The van der Waals surface area contributed by atoms with Crippen molar-refractivity contribution in [3.63, 3.8) is 0 Å². The molecular formula is C24H32FIN4O2. The first-order valence-electron chi connectivity index (χ1n) is 10.8. The molecule has 0 saturated carbocycles. The Morgan fingerprint density at radius 1 is 1.09 bits per heavy atom. The lowest BCUT2D eigenvalue weighted by Crippen LogP contribution is -2.41. The van der Waals surface area contributed by atoms with Gasteiger partial charge in [-0.2, -0.15) is 0 Å². The molecule has 1 fully saturated rings. The van der Waals surface area contributed by atoms with Crippen LogP contribution in [-0.2, 0) is 6.54 Å². The number of nitrogens with one attached hydrogen (secondary N) is 2. The summed E-state index contributed by atoms with van der Waals surface area (Å²) in [5, 5.41) is 6.42. The molecule has 1 amide bonds. The van der Waals surface area contributed by atoms with Crippen LogP contribution in [-0.4, -0.2) is 49.6 Å². The molecule has 6 nitrogen and oxygen atoms in total. The highest BCUT2D eigenvalue weighted by atomic mass is 127. The van der Waals surface area contributed by atoms with Crippen LogP contribution in [0.15, 0.2) is 53.5 Å². The zero-order chi connectivity index (χ0) is 22.1. The summed E-state index contributed by atoms with van der Waals surface area (Å²) >= 11 is 0. The number of piperidine rings is 1. The fourth-order valence-electron chi connectivity index (χ4n) is 3.49. The van der Waals surface area contributed by atoms with Gasteiger partial charge in [0.15, 0.2) is 17.5 Å². The zero-order valence-corrected chi connectivity index (χ0v) is 21.0. The first kappa shape index (κ1) is 25.9. The van der Waals surface area contributed by atoms with Crippen LogP contribution in [0.25, 0.3) is 0 Å². The molecule has 0 aliphatic carbocycles. The Kier molecular flexibility index (Phi) is 10.7. The number of hydrogen-bond donors (Lipinski definition) is 2. The molecule has 1 saturated heterocycles. The number of aliphatic imine (C=N–C) groups is 1. The number of likely N-dealkylation sites (tertiary alicyclic amines) is 1. The van der Waals surface area contributed by atoms with E-state index in [1.807, 2.05) is 36.1 Å². The lowest BCUT2D eigenvalue weighted by atomic mass is 10.1. The van der Waals surface area contributed by atoms with Crippen molar-refractivity contribution in [2.45, 2.75) is 38.8 Å². The molecule has 1 heterocycles. The summed E-state index contributed by atoms with van der Waals surface area (Å²) in [6, 6.07) is 14.0. The van der Waals surface area contributed by atoms with Gasteiger partial charge in [0.1, 0.15) is 6.10 Å². The normalized spacial score (nSPS) is 14.8. The van der Waals surface area contributed by atoms with Crippen molar-refractivity contribution in [1.82, 2.24) is 15.5 Å². The molecule has 0 aromatic heterocycles. The van der Waals surface area contributed by atoms with Gasteiger partial charge in [0.05, 0.1) is 6.54 Å². The van der Waals surface area contributed by atoms with Gasteiger partial charge in [0.2, 0.25) is 0 Å². The number of hydrogen-bond acceptors (Lipinski definition) is 3. The number of rotatable bonds is 7. The summed E-state index contributed by atoms with van der Waals surface area (Å²) in [4.78, 5) is 18.7. The van der Waals surface area contributed by atoms with E-state index >= 15 is 0 Å². The van der Waals surface area contributed by atoms with Gasteiger partial charge in [-0.1, -0.05) is 24.3 Å². The molecule has 2 aromatic rings. The molecule has 8 heteroatoms. The van der Waals surface area contributed by atoms with Crippen LogP contribution in [0.3, 0.4) is 0 Å². The second kappa shape index (κ2) is 13.2. The van der Waals surface area contributed by atoms with E-state index in [0.29, 0.717) is 19.0 Å². The monoisotopic (exact) mass is 554 g/mol. The average molecular weight is 554 g/mol. The predicted molar refractivity (Wildman–Crippen MR) is 136 cm³/mol. The molecule has 0 spiro atoms. The van der Waals surface area contributed by atoms with E-state index < -0.39 is 0 Å². The van der Waals surface area contributed by atoms with Gasteiger partial charge < -0.3 is 20.3 Å². The van der Waals surface area contributed by atoms with E-state index in [2.05, 4.69) is 15.6 Å². The number of benzene rings is 2. The minimum atomic E-state index is -0.376. The van der Waals surface area contributed by atoms with E-state index in [1.165, 1.54) is 12.5 Å². The van der Waals surface area contributed by atoms with Crippen molar-refractivity contribution in [3.8, 4) is 5.75 Å². The number of carbonyl (C=O) groups excluding carboxylic acids is 1. The Labute approximate surface area is 206 Å². The maximum atomic E-state index is 13.7. The second-order valence-electron chi connectivity index (χ2n) is 7.72. The molecular weight excluding hydrogens is 522 g/mol. The first-order valence-corrected chi connectivity index (χ1v) is 10.8. The maximum Gasteiger partial charge on any atom is 0.253 e. The Bertz CT molecular complexity index is 886. The van der Waals surface area contributed by atoms with Gasteiger partial charge in [0.25, 0.3) is 5.91 Å². The molecule has 0 radical (unpaired) electrons. The van der Waals surface area contributed by atoms with Gasteiger partial charge >= 0.3 is 0 Å². The van der Waals surface area contributed by atoms with Gasteiger partial charge in [-0.15, -0.1) is 24.0 Å². The number of nitrogens with zero attached hydrogens (tertiary/aromatic N) is 2. The SMILES string of the molecule is CN=C(NCc1ccc(C(=O)N2CCCCC2)cc1)NCC(C)Oc1ccccc1F.I. The summed E-state index contributed by atoms with van der Waals surface area (Å²) < 4.78 is 19.3. The lowest BCUT2D eigenvalue weighted by Gasteiger charge is -2.26. The molecule has 2 N–H and O–H groups in total. The zero-order valence-electron chi connectivity index (χ0n) is 18.6. The molecule has 174 valence electrons. The van der Waals surface area contributed by atoms with Crippen molar-refractivity contribution in [1.29, 1.82) is 0 Å². The van der Waals surface area contributed by atoms with Crippen molar-refractivity contribution in [2.75, 3.05) is 26.7 Å². The van der Waals surface area contributed by atoms with Crippen LogP contribution in [0.2, 0.25) is 0 Å². The van der Waals surface area contributed by atoms with Crippen LogP contribution >= 0.6 is 24.0 Å². The van der Waals surface area contributed by atoms with Crippen molar-refractivity contribution >= 4 is 35.8 Å². The summed E-state index contributed by atoms with van der Waals surface area (Å²) in [6.07, 6.45) is 3.14. The number of amides is 1. The van der Waals surface area contributed by atoms with E-state index in [-0.39, 0.29) is 47.6 Å². The molecule has 2 aromatic carbocycles. The molecule has 32 heavy (non-hydrogen) atoms. The van der Waals surface area contributed by atoms with E-state index in [9.17, 15) is 9.18 Å². The molecule has 1 atom stereocenters. The number of para-hydroxylation sites is 1. The largest absolute Gasteiger partial charge is 0.486 e. The third-order valence-electron chi connectivity index (χ3n) is 5.25. The number of ether oxygens (including phenoxy) is 1. The highest BCUT2D eigenvalue weighted by molar-refractivity contribution is 14.0. The summed E-state index contributed by atoms with van der Waals surface area (Å²) in [7, 11) is 1.69. The van der Waals surface area contributed by atoms with Crippen molar-refractivity contribution in [2.24, 2.45) is 4.99 Å². The standard InChI is InChI=1S/C24H31FN4O2.HI/c1-18(31-22-9-5-4-8-21(22)25)16-27-24(26-2)28-17-19-10-12-20(13-11-19)23(30)29-14-6-3-7-15-29;/h4-5,8-13,18H,3,6-7,14-17H2,1-2H3,(H2,26,27,28);1H. The topological polar surface area (TPSA) is 66.0 Å². The first-order chi connectivity index (χ1) is 15.1. The maximum absolute atomic E-state index is 13.7. The lowest BCUT2D eigenvalue weighted by molar-refractivity contribution is 0.0724. The molecule has 1 aliphatic rings. The highest BCUT2D eigenvalue weighted by Crippen LogP contribution is 2.17. The third kappa shape index (κ3) is 7.65. The van der Waals surface area contributed by atoms with Crippen LogP contribution in [0.1, 0.15) is 42.1 Å². The second-order valence-corrected chi connectivity index (χ2v) is 7.72. The smallest absolute Gasteiger partial charge is 0.253 e. The van der Waals surface area contributed by atoms with E-state index in [0.717, 1.165) is 37.1 Å². The molecule has 0 bridgehead atoms. The van der Waals surface area contributed by atoms with Gasteiger partial charge in [-0.3, -0.25) is 9.79 Å². The van der Waals surface area contributed by atoms with Crippen molar-refractivity contribution < 1.29 is 13.9 Å². The van der Waals surface area contributed by atoms with Crippen molar-refractivity contribution in [3.05, 3.63) is 65.5 Å². The number of carbonyl (C=O) groups is 1. The van der Waals surface area contributed by atoms with Gasteiger partial charge in [0, 0.05) is 32.2 Å². The summed E-state index contributed by atoms with van der Waals surface area (Å²) in [5.74, 6) is 0.594. The summed E-state index contributed by atoms with van der Waals surface area (Å²) in [6.45, 7) is 4.61. The minimum Gasteiger partial charge on any atom is -0.486 e. The van der Waals surface area contributed by atoms with Crippen LogP contribution in [0.4, 0.5) is 4.39 Å². The average Bonchev–Trinajstić information content (AvgIpc) is 2.81. The summed E-state index contributed by atoms with van der Waals surface area (Å²) in [5.41, 5.74) is 1.78. The minimum absolute atomic E-state index is 0. The van der Waals surface area contributed by atoms with Gasteiger partial charge in [-0.05, 0) is 56.0 Å². The van der Waals surface area contributed by atoms with Gasteiger partial charge in [-0.25, -0.2) is 4.39 Å². The third-order valence-corrected chi connectivity index (χ3v) is 5.25. The number of guanidine groups is 1. The Hall–Kier alpha value is -2.36. The Morgan fingerprint density at radius 3 is 2.44 bits per heavy atom. The molecule has 1 aliphatic heterocycles. The molecule has 1 unspecified atom stereocenters. The van der Waals surface area contributed by atoms with E-state index in [4.69, 9.17) is 4.74 Å². The van der Waals surface area contributed by atoms with Crippen LogP contribution in [0, 0.1) is 5.82 Å². The quantitative estimate of drug-likeness (QED) is 0.306. The van der Waals surface area contributed by atoms with Crippen LogP contribution in [0.5, 0.6) is 5.75 Å². The Morgan fingerprint density at radius 2 is 1.78 bits per heavy atom. The molecule has 3 rings (SSSR count). The predicted octanol–water partition coefficient (Wildman–Crippen LogP) is 4.20.